The first-order chi connectivity index (χ1) is 20.0. The smallest absolute Gasteiger partial charge is 0.494 e. The van der Waals surface area contributed by atoms with E-state index in [1.807, 2.05) is 57.2 Å². The number of amides is 1. The Hall–Kier alpha value is -2.78. The highest BCUT2D eigenvalue weighted by molar-refractivity contribution is 6.43. The van der Waals surface area contributed by atoms with Gasteiger partial charge in [-0.25, -0.2) is 4.48 Å². The lowest BCUT2D eigenvalue weighted by molar-refractivity contribution is -0.816. The summed E-state index contributed by atoms with van der Waals surface area (Å²) in [7, 11) is 3.60. The molecule has 10 heteroatoms. The Bertz CT molecular complexity index is 1430. The Kier molecular flexibility index (Phi) is 10.8. The summed E-state index contributed by atoms with van der Waals surface area (Å²) in [4.78, 5) is 30.8. The van der Waals surface area contributed by atoms with Gasteiger partial charge < -0.3 is 14.4 Å². The maximum absolute atomic E-state index is 13.1. The van der Waals surface area contributed by atoms with E-state index in [2.05, 4.69) is 9.80 Å². The summed E-state index contributed by atoms with van der Waals surface area (Å²) >= 11 is 12.6. The average molecular weight is 619 g/mol. The highest BCUT2D eigenvalue weighted by Gasteiger charge is 2.32. The van der Waals surface area contributed by atoms with Crippen molar-refractivity contribution >= 4 is 45.9 Å². The fourth-order valence-electron chi connectivity index (χ4n) is 5.02. The monoisotopic (exact) mass is 617 g/mol. The van der Waals surface area contributed by atoms with Gasteiger partial charge in [-0.1, -0.05) is 43.1 Å². The summed E-state index contributed by atoms with van der Waals surface area (Å²) < 4.78 is 13.7. The van der Waals surface area contributed by atoms with E-state index in [4.69, 9.17) is 32.7 Å². The van der Waals surface area contributed by atoms with Gasteiger partial charge in [-0.05, 0) is 62.0 Å². The highest BCUT2D eigenvalue weighted by atomic mass is 35.5. The van der Waals surface area contributed by atoms with E-state index >= 15 is 0 Å². The molecular formula is C32H43Cl2N4O4+. The number of nitrogens with zero attached hydrogens (tertiary/aromatic N) is 4. The van der Waals surface area contributed by atoms with E-state index in [1.165, 1.54) is 6.07 Å². The van der Waals surface area contributed by atoms with Gasteiger partial charge in [0.25, 0.3) is 5.56 Å². The number of pyridine rings is 1. The molecule has 0 bridgehead atoms. The second kappa shape index (κ2) is 14.1. The number of ether oxygens (including phenoxy) is 2. The minimum atomic E-state index is -0.733. The maximum Gasteiger partial charge on any atom is 0.517 e. The van der Waals surface area contributed by atoms with E-state index in [9.17, 15) is 9.59 Å². The van der Waals surface area contributed by atoms with Gasteiger partial charge in [0.05, 0.1) is 48.5 Å². The van der Waals surface area contributed by atoms with Crippen molar-refractivity contribution in [2.24, 2.45) is 5.92 Å². The van der Waals surface area contributed by atoms with E-state index in [0.717, 1.165) is 56.6 Å². The van der Waals surface area contributed by atoms with Crippen molar-refractivity contribution in [1.82, 2.24) is 9.47 Å². The number of anilines is 1. The molecule has 8 nitrogen and oxygen atoms in total. The van der Waals surface area contributed by atoms with Crippen molar-refractivity contribution < 1.29 is 18.8 Å². The number of halogens is 2. The van der Waals surface area contributed by atoms with Gasteiger partial charge >= 0.3 is 6.09 Å². The van der Waals surface area contributed by atoms with Gasteiger partial charge in [-0.3, -0.25) is 14.3 Å². The Morgan fingerprint density at radius 1 is 1.00 bits per heavy atom. The molecule has 1 aromatic heterocycles. The predicted molar refractivity (Wildman–Crippen MR) is 171 cm³/mol. The number of quaternary nitrogens is 1. The number of piperazine rings is 1. The van der Waals surface area contributed by atoms with Crippen LogP contribution < -0.4 is 15.2 Å². The standard InChI is InChI=1S/C32H43Cl2N4O4/c1-6-38(4,5)32(40)42-31(23(2)3)37-28-22-25(14-12-24(28)13-15-29(37)39)41-21-8-7-16-35-17-19-36(20-18-35)27-11-9-10-26(33)30(27)34/h9-15,22-23,31H,6-8,16-21H2,1-5H3/q+1. The number of hydrogen-bond donors (Lipinski definition) is 0. The van der Waals surface area contributed by atoms with Gasteiger partial charge in [-0.2, -0.15) is 4.79 Å². The minimum Gasteiger partial charge on any atom is -0.494 e. The molecule has 1 amide bonds. The zero-order valence-corrected chi connectivity index (χ0v) is 26.8. The molecule has 1 unspecified atom stereocenters. The second-order valence-electron chi connectivity index (χ2n) is 11.7. The Labute approximate surface area is 258 Å². The summed E-state index contributed by atoms with van der Waals surface area (Å²) in [6.07, 6.45) is 0.828. The SMILES string of the molecule is CC[N+](C)(C)C(=O)OC(C(C)C)n1c(=O)ccc2ccc(OCCCCN3CCN(c4cccc(Cl)c4Cl)CC3)cc21. The number of benzene rings is 2. The van der Waals surface area contributed by atoms with E-state index in [-0.39, 0.29) is 22.1 Å². The van der Waals surface area contributed by atoms with Crippen molar-refractivity contribution in [3.05, 3.63) is 68.9 Å². The minimum absolute atomic E-state index is 0.0725. The van der Waals surface area contributed by atoms with Gasteiger partial charge in [-0.15, -0.1) is 0 Å². The number of carbonyl (C=O) groups is 1. The molecule has 0 radical (unpaired) electrons. The number of fused-ring (bicyclic) bond motifs is 1. The first kappa shape index (κ1) is 32.1. The predicted octanol–water partition coefficient (Wildman–Crippen LogP) is 6.68. The molecule has 0 N–H and O–H groups in total. The van der Waals surface area contributed by atoms with Crippen molar-refractivity contribution in [2.45, 2.75) is 39.8 Å². The fourth-order valence-corrected chi connectivity index (χ4v) is 5.44. The van der Waals surface area contributed by atoms with Crippen LogP contribution in [0, 0.1) is 5.92 Å². The first-order valence-electron chi connectivity index (χ1n) is 14.8. The lowest BCUT2D eigenvalue weighted by Gasteiger charge is -2.36. The molecule has 1 atom stereocenters. The molecule has 2 heterocycles. The van der Waals surface area contributed by atoms with Crippen LogP contribution in [-0.4, -0.2) is 80.0 Å². The van der Waals surface area contributed by atoms with Crippen LogP contribution in [0.5, 0.6) is 5.75 Å². The van der Waals surface area contributed by atoms with E-state index in [0.29, 0.717) is 34.5 Å². The van der Waals surface area contributed by atoms with Crippen LogP contribution in [0.4, 0.5) is 10.5 Å². The van der Waals surface area contributed by atoms with Crippen LogP contribution in [0.3, 0.4) is 0 Å². The molecule has 0 aliphatic carbocycles. The Morgan fingerprint density at radius 3 is 2.40 bits per heavy atom. The number of rotatable bonds is 11. The second-order valence-corrected chi connectivity index (χ2v) is 12.5. The highest BCUT2D eigenvalue weighted by Crippen LogP contribution is 2.33. The molecule has 42 heavy (non-hydrogen) atoms. The molecule has 4 rings (SSSR count). The Balaban J connectivity index is 1.33. The largest absolute Gasteiger partial charge is 0.517 e. The summed E-state index contributed by atoms with van der Waals surface area (Å²) in [5.74, 6) is 0.579. The third kappa shape index (κ3) is 7.59. The van der Waals surface area contributed by atoms with Crippen molar-refractivity contribution in [2.75, 3.05) is 64.9 Å². The zero-order valence-electron chi connectivity index (χ0n) is 25.3. The summed E-state index contributed by atoms with van der Waals surface area (Å²) in [5, 5.41) is 2.09. The molecular weight excluding hydrogens is 575 g/mol. The third-order valence-electron chi connectivity index (χ3n) is 8.02. The van der Waals surface area contributed by atoms with Crippen molar-refractivity contribution in [3.63, 3.8) is 0 Å². The molecule has 1 aliphatic rings. The number of aromatic nitrogens is 1. The number of carbonyl (C=O) groups excluding carboxylic acids is 1. The van der Waals surface area contributed by atoms with Gasteiger partial charge in [0, 0.05) is 44.2 Å². The van der Waals surface area contributed by atoms with Crippen molar-refractivity contribution in [3.8, 4) is 5.75 Å². The van der Waals surface area contributed by atoms with Crippen LogP contribution in [0.1, 0.15) is 39.8 Å². The van der Waals surface area contributed by atoms with E-state index in [1.54, 1.807) is 24.7 Å². The third-order valence-corrected chi connectivity index (χ3v) is 8.83. The molecule has 2 aromatic carbocycles. The molecule has 0 spiro atoms. The number of hydrogen-bond acceptors (Lipinski definition) is 6. The van der Waals surface area contributed by atoms with Crippen LogP contribution in [-0.2, 0) is 4.74 Å². The average Bonchev–Trinajstić information content (AvgIpc) is 2.97. The van der Waals surface area contributed by atoms with Crippen LogP contribution in [0.25, 0.3) is 10.9 Å². The van der Waals surface area contributed by atoms with Gasteiger partial charge in [0.2, 0.25) is 0 Å². The summed E-state index contributed by atoms with van der Waals surface area (Å²) in [6.45, 7) is 11.8. The van der Waals surface area contributed by atoms with Crippen molar-refractivity contribution in [1.29, 1.82) is 0 Å². The number of unbranched alkanes of at least 4 members (excludes halogenated alkanes) is 1. The zero-order chi connectivity index (χ0) is 30.4. The molecule has 1 saturated heterocycles. The van der Waals surface area contributed by atoms with Crippen LogP contribution in [0.15, 0.2) is 53.3 Å². The summed E-state index contributed by atoms with van der Waals surface area (Å²) in [6, 6.07) is 14.8. The van der Waals surface area contributed by atoms with Crippen LogP contribution >= 0.6 is 23.2 Å². The molecule has 1 fully saturated rings. The van der Waals surface area contributed by atoms with Gasteiger partial charge in [0.1, 0.15) is 5.75 Å². The molecule has 3 aromatic rings. The van der Waals surface area contributed by atoms with Gasteiger partial charge in [0.15, 0.2) is 6.23 Å². The topological polar surface area (TPSA) is 64.0 Å². The molecule has 1 aliphatic heterocycles. The lowest BCUT2D eigenvalue weighted by Crippen LogP contribution is -2.47. The van der Waals surface area contributed by atoms with Crippen LogP contribution in [0.2, 0.25) is 10.0 Å². The molecule has 0 saturated carbocycles. The maximum atomic E-state index is 13.1. The quantitative estimate of drug-likeness (QED) is 0.177. The van der Waals surface area contributed by atoms with E-state index < -0.39 is 6.23 Å². The fraction of sp³-hybridized carbons (Fsp3) is 0.500. The lowest BCUT2D eigenvalue weighted by atomic mass is 10.1. The normalized spacial score (nSPS) is 15.3. The Morgan fingerprint density at radius 2 is 1.71 bits per heavy atom. The molecule has 228 valence electrons. The first-order valence-corrected chi connectivity index (χ1v) is 15.5. The summed E-state index contributed by atoms with van der Waals surface area (Å²) in [5.41, 5.74) is 1.47.